The molecular formula is C11H17N3O. The van der Waals surface area contributed by atoms with E-state index in [4.69, 9.17) is 5.84 Å². The molecule has 4 N–H and O–H groups in total. The number of benzene rings is 1. The molecule has 0 atom stereocenters. The summed E-state index contributed by atoms with van der Waals surface area (Å²) in [6.45, 7) is 4.35. The first-order valence-corrected chi connectivity index (χ1v) is 4.98. The van der Waals surface area contributed by atoms with Crippen LogP contribution in [0.1, 0.15) is 19.4 Å². The third-order valence-electron chi connectivity index (χ3n) is 1.99. The molecule has 0 aliphatic heterocycles. The third-order valence-corrected chi connectivity index (χ3v) is 1.99. The molecule has 0 aromatic heterocycles. The van der Waals surface area contributed by atoms with Gasteiger partial charge in [-0.15, -0.1) is 0 Å². The second-order valence-corrected chi connectivity index (χ2v) is 3.89. The number of anilines is 1. The van der Waals surface area contributed by atoms with E-state index in [0.717, 1.165) is 12.1 Å². The predicted octanol–water partition coefficient (Wildman–Crippen LogP) is 1.88. The van der Waals surface area contributed by atoms with Crippen molar-refractivity contribution in [3.8, 4) is 0 Å². The highest BCUT2D eigenvalue weighted by Gasteiger charge is 2.00. The zero-order chi connectivity index (χ0) is 11.3. The van der Waals surface area contributed by atoms with Crippen LogP contribution in [0.5, 0.6) is 0 Å². The first-order chi connectivity index (χ1) is 7.11. The van der Waals surface area contributed by atoms with Crippen LogP contribution in [-0.2, 0) is 6.42 Å². The summed E-state index contributed by atoms with van der Waals surface area (Å²) in [6.07, 6.45) is 1.05. The number of carbonyl (C=O) groups excluding carboxylic acids is 1. The lowest BCUT2D eigenvalue weighted by Gasteiger charge is -2.07. The van der Waals surface area contributed by atoms with Crippen molar-refractivity contribution < 1.29 is 4.79 Å². The van der Waals surface area contributed by atoms with Gasteiger partial charge in [0, 0.05) is 5.69 Å². The molecule has 0 bridgehead atoms. The lowest BCUT2D eigenvalue weighted by atomic mass is 10.0. The van der Waals surface area contributed by atoms with E-state index in [0.29, 0.717) is 5.92 Å². The number of amides is 2. The van der Waals surface area contributed by atoms with Gasteiger partial charge >= 0.3 is 6.03 Å². The van der Waals surface area contributed by atoms with Gasteiger partial charge in [0.1, 0.15) is 0 Å². The largest absolute Gasteiger partial charge is 0.333 e. The summed E-state index contributed by atoms with van der Waals surface area (Å²) >= 11 is 0. The Labute approximate surface area is 89.8 Å². The molecule has 0 radical (unpaired) electrons. The molecule has 2 amide bonds. The van der Waals surface area contributed by atoms with E-state index in [2.05, 4.69) is 19.2 Å². The minimum Gasteiger partial charge on any atom is -0.307 e. The van der Waals surface area contributed by atoms with Gasteiger partial charge in [-0.05, 0) is 30.0 Å². The lowest BCUT2D eigenvalue weighted by molar-refractivity contribution is 0.252. The maximum Gasteiger partial charge on any atom is 0.333 e. The molecule has 15 heavy (non-hydrogen) atoms. The normalized spacial score (nSPS) is 10.1. The summed E-state index contributed by atoms with van der Waals surface area (Å²) in [6, 6.07) is 7.34. The summed E-state index contributed by atoms with van der Waals surface area (Å²) < 4.78 is 0. The van der Waals surface area contributed by atoms with Gasteiger partial charge in [0.05, 0.1) is 0 Å². The fourth-order valence-electron chi connectivity index (χ4n) is 1.36. The smallest absolute Gasteiger partial charge is 0.307 e. The number of hydrogen-bond acceptors (Lipinski definition) is 2. The topological polar surface area (TPSA) is 67.2 Å². The van der Waals surface area contributed by atoms with Crippen LogP contribution in [0.2, 0.25) is 0 Å². The van der Waals surface area contributed by atoms with Gasteiger partial charge < -0.3 is 5.32 Å². The Bertz CT molecular complexity index is 319. The Kier molecular flexibility index (Phi) is 4.12. The lowest BCUT2D eigenvalue weighted by Crippen LogP contribution is -2.34. The van der Waals surface area contributed by atoms with Crippen LogP contribution in [0.3, 0.4) is 0 Å². The van der Waals surface area contributed by atoms with Crippen LogP contribution in [0.4, 0.5) is 10.5 Å². The molecule has 1 aromatic rings. The average Bonchev–Trinajstić information content (AvgIpc) is 2.20. The molecule has 1 aromatic carbocycles. The summed E-state index contributed by atoms with van der Waals surface area (Å²) in [5, 5.41) is 2.60. The van der Waals surface area contributed by atoms with Gasteiger partial charge in [0.25, 0.3) is 0 Å². The second-order valence-electron chi connectivity index (χ2n) is 3.89. The number of nitrogens with one attached hydrogen (secondary N) is 2. The molecule has 4 nitrogen and oxygen atoms in total. The van der Waals surface area contributed by atoms with Crippen LogP contribution in [0, 0.1) is 5.92 Å². The number of carbonyl (C=O) groups is 1. The van der Waals surface area contributed by atoms with E-state index in [-0.39, 0.29) is 0 Å². The molecule has 1 rings (SSSR count). The van der Waals surface area contributed by atoms with Crippen LogP contribution in [0.25, 0.3) is 0 Å². The van der Waals surface area contributed by atoms with Crippen molar-refractivity contribution in [1.29, 1.82) is 0 Å². The van der Waals surface area contributed by atoms with Crippen molar-refractivity contribution in [3.63, 3.8) is 0 Å². The summed E-state index contributed by atoms with van der Waals surface area (Å²) in [5.74, 6) is 5.59. The minimum atomic E-state index is -0.411. The average molecular weight is 207 g/mol. The van der Waals surface area contributed by atoms with Crippen molar-refractivity contribution in [3.05, 3.63) is 29.8 Å². The zero-order valence-electron chi connectivity index (χ0n) is 9.08. The Hall–Kier alpha value is -1.55. The van der Waals surface area contributed by atoms with Gasteiger partial charge in [-0.1, -0.05) is 26.0 Å². The highest BCUT2D eigenvalue weighted by atomic mass is 16.2. The van der Waals surface area contributed by atoms with Gasteiger partial charge in [0.15, 0.2) is 0 Å². The number of urea groups is 1. The molecule has 82 valence electrons. The van der Waals surface area contributed by atoms with Crippen molar-refractivity contribution in [1.82, 2.24) is 5.43 Å². The van der Waals surface area contributed by atoms with Crippen molar-refractivity contribution >= 4 is 11.7 Å². The summed E-state index contributed by atoms with van der Waals surface area (Å²) in [4.78, 5) is 10.9. The number of hydrazine groups is 1. The van der Waals surface area contributed by atoms with Crippen molar-refractivity contribution in [2.24, 2.45) is 11.8 Å². The van der Waals surface area contributed by atoms with E-state index in [1.807, 2.05) is 29.7 Å². The Morgan fingerprint density at radius 2 is 1.93 bits per heavy atom. The molecular weight excluding hydrogens is 190 g/mol. The SMILES string of the molecule is CC(C)Cc1ccc(NC(=O)NN)cc1. The molecule has 0 fully saturated rings. The maximum absolute atomic E-state index is 10.9. The van der Waals surface area contributed by atoms with Crippen LogP contribution in [-0.4, -0.2) is 6.03 Å². The molecule has 0 aliphatic carbocycles. The Balaban J connectivity index is 2.60. The van der Waals surface area contributed by atoms with Gasteiger partial charge in [0.2, 0.25) is 0 Å². The van der Waals surface area contributed by atoms with Crippen LogP contribution in [0.15, 0.2) is 24.3 Å². The first-order valence-electron chi connectivity index (χ1n) is 4.98. The monoisotopic (exact) mass is 207 g/mol. The summed E-state index contributed by atoms with van der Waals surface area (Å²) in [7, 11) is 0. The van der Waals surface area contributed by atoms with E-state index in [1.165, 1.54) is 5.56 Å². The fourth-order valence-corrected chi connectivity index (χ4v) is 1.36. The number of nitrogens with two attached hydrogens (primary N) is 1. The standard InChI is InChI=1S/C11H17N3O/c1-8(2)7-9-3-5-10(6-4-9)13-11(15)14-12/h3-6,8H,7,12H2,1-2H3,(H2,13,14,15). The van der Waals surface area contributed by atoms with Crippen molar-refractivity contribution in [2.75, 3.05) is 5.32 Å². The highest BCUT2D eigenvalue weighted by Crippen LogP contribution is 2.12. The zero-order valence-corrected chi connectivity index (χ0v) is 9.08. The molecule has 0 heterocycles. The van der Waals surface area contributed by atoms with Gasteiger partial charge in [-0.3, -0.25) is 5.43 Å². The van der Waals surface area contributed by atoms with Gasteiger partial charge in [-0.25, -0.2) is 10.6 Å². The highest BCUT2D eigenvalue weighted by molar-refractivity contribution is 5.88. The molecule has 0 unspecified atom stereocenters. The predicted molar refractivity (Wildman–Crippen MR) is 61.3 cm³/mol. The minimum absolute atomic E-state index is 0.411. The third kappa shape index (κ3) is 3.99. The molecule has 0 saturated heterocycles. The Morgan fingerprint density at radius 3 is 2.40 bits per heavy atom. The first kappa shape index (κ1) is 11.5. The number of rotatable bonds is 3. The second kappa shape index (κ2) is 5.36. The maximum atomic E-state index is 10.9. The van der Waals surface area contributed by atoms with Crippen LogP contribution >= 0.6 is 0 Å². The number of hydrogen-bond donors (Lipinski definition) is 3. The van der Waals surface area contributed by atoms with Crippen molar-refractivity contribution in [2.45, 2.75) is 20.3 Å². The van der Waals surface area contributed by atoms with Crippen LogP contribution < -0.4 is 16.6 Å². The Morgan fingerprint density at radius 1 is 1.33 bits per heavy atom. The quantitative estimate of drug-likeness (QED) is 0.402. The fraction of sp³-hybridized carbons (Fsp3) is 0.364. The molecule has 0 aliphatic rings. The van der Waals surface area contributed by atoms with E-state index in [1.54, 1.807) is 0 Å². The van der Waals surface area contributed by atoms with Gasteiger partial charge in [-0.2, -0.15) is 0 Å². The van der Waals surface area contributed by atoms with E-state index in [9.17, 15) is 4.79 Å². The molecule has 0 spiro atoms. The van der Waals surface area contributed by atoms with E-state index < -0.39 is 6.03 Å². The molecule has 4 heteroatoms. The molecule has 0 saturated carbocycles. The summed E-state index contributed by atoms with van der Waals surface area (Å²) in [5.41, 5.74) is 4.02. The van der Waals surface area contributed by atoms with E-state index >= 15 is 0 Å².